The van der Waals surface area contributed by atoms with Crippen molar-refractivity contribution in [3.05, 3.63) is 11.6 Å². The second-order valence-corrected chi connectivity index (χ2v) is 10.2. The van der Waals surface area contributed by atoms with Crippen LogP contribution in [0, 0.1) is 34.5 Å². The number of ether oxygens (including phenoxy) is 2. The number of aliphatic hydroxyl groups excluding tert-OH is 2. The molecule has 0 saturated heterocycles. The predicted molar refractivity (Wildman–Crippen MR) is 102 cm³/mol. The molecule has 1 aliphatic heterocycles. The molecule has 0 aromatic rings. The summed E-state index contributed by atoms with van der Waals surface area (Å²) in [5.74, 6) is -3.69. The van der Waals surface area contributed by atoms with Gasteiger partial charge >= 0.3 is 11.9 Å². The number of rotatable bonds is 2. The molecular weight excluding hydrogens is 376 g/mol. The van der Waals surface area contributed by atoms with E-state index >= 15 is 0 Å². The Morgan fingerprint density at radius 3 is 2.66 bits per heavy atom. The maximum atomic E-state index is 11.9. The van der Waals surface area contributed by atoms with Gasteiger partial charge in [0.25, 0.3) is 0 Å². The number of carbonyl (C=O) groups excluding carboxylic acids is 2. The van der Waals surface area contributed by atoms with Gasteiger partial charge in [-0.3, -0.25) is 4.79 Å². The molecule has 0 amide bonds. The zero-order chi connectivity index (χ0) is 21.4. The van der Waals surface area contributed by atoms with Gasteiger partial charge in [0.1, 0.15) is 6.10 Å². The van der Waals surface area contributed by atoms with E-state index in [1.165, 1.54) is 13.0 Å². The minimum Gasteiger partial charge on any atom is -0.459 e. The SMILES string of the molecule is CC(=O)O[C@@H]1[C@H](O)[C@H]2[C@@H](C[C@@]3(O)OC(=O)C=C3[C@@H]2C)[C@]2(C)CCC[C@@](C)(CO)[C@H]12. The predicted octanol–water partition coefficient (Wildman–Crippen LogP) is 1.54. The van der Waals surface area contributed by atoms with Gasteiger partial charge in [-0.1, -0.05) is 27.2 Å². The van der Waals surface area contributed by atoms with Gasteiger partial charge in [-0.25, -0.2) is 4.79 Å². The van der Waals surface area contributed by atoms with Crippen molar-refractivity contribution in [2.45, 2.75) is 71.4 Å². The molecule has 0 radical (unpaired) electrons. The molecule has 0 aromatic heterocycles. The molecule has 3 aliphatic carbocycles. The monoisotopic (exact) mass is 408 g/mol. The fourth-order valence-electron chi connectivity index (χ4n) is 7.43. The molecule has 3 N–H and O–H groups in total. The van der Waals surface area contributed by atoms with Crippen molar-refractivity contribution in [2.24, 2.45) is 34.5 Å². The Balaban J connectivity index is 1.85. The number of esters is 2. The van der Waals surface area contributed by atoms with E-state index in [1.807, 2.05) is 13.8 Å². The van der Waals surface area contributed by atoms with E-state index in [2.05, 4.69) is 6.92 Å². The summed E-state index contributed by atoms with van der Waals surface area (Å²) in [6.45, 7) is 7.26. The molecule has 0 aromatic carbocycles. The van der Waals surface area contributed by atoms with Crippen LogP contribution in [0.2, 0.25) is 0 Å². The maximum Gasteiger partial charge on any atom is 0.333 e. The Morgan fingerprint density at radius 1 is 1.34 bits per heavy atom. The lowest BCUT2D eigenvalue weighted by Gasteiger charge is -2.65. The van der Waals surface area contributed by atoms with E-state index in [0.717, 1.165) is 19.3 Å². The van der Waals surface area contributed by atoms with Crippen LogP contribution in [0.3, 0.4) is 0 Å². The Kier molecular flexibility index (Phi) is 4.69. The lowest BCUT2D eigenvalue weighted by molar-refractivity contribution is -0.269. The molecule has 0 spiro atoms. The van der Waals surface area contributed by atoms with Gasteiger partial charge in [-0.15, -0.1) is 0 Å². The zero-order valence-electron chi connectivity index (χ0n) is 17.6. The second-order valence-electron chi connectivity index (χ2n) is 10.2. The molecule has 7 nitrogen and oxygen atoms in total. The third-order valence-corrected chi connectivity index (χ3v) is 8.52. The van der Waals surface area contributed by atoms with Crippen LogP contribution in [0.25, 0.3) is 0 Å². The Hall–Kier alpha value is -1.44. The number of carbonyl (C=O) groups is 2. The third kappa shape index (κ3) is 2.81. The van der Waals surface area contributed by atoms with Crippen molar-refractivity contribution in [2.75, 3.05) is 6.61 Å². The van der Waals surface area contributed by atoms with Crippen LogP contribution >= 0.6 is 0 Å². The van der Waals surface area contributed by atoms with Crippen molar-refractivity contribution < 1.29 is 34.4 Å². The van der Waals surface area contributed by atoms with E-state index in [4.69, 9.17) is 9.47 Å². The summed E-state index contributed by atoms with van der Waals surface area (Å²) >= 11 is 0. The molecule has 3 saturated carbocycles. The fourth-order valence-corrected chi connectivity index (χ4v) is 7.43. The van der Waals surface area contributed by atoms with Crippen molar-refractivity contribution in [1.82, 2.24) is 0 Å². The van der Waals surface area contributed by atoms with Crippen LogP contribution in [0.5, 0.6) is 0 Å². The minimum absolute atomic E-state index is 0.0743. The zero-order valence-corrected chi connectivity index (χ0v) is 17.6. The van der Waals surface area contributed by atoms with E-state index in [9.17, 15) is 24.9 Å². The third-order valence-electron chi connectivity index (χ3n) is 8.52. The highest BCUT2D eigenvalue weighted by atomic mass is 16.7. The number of aliphatic hydroxyl groups is 3. The average Bonchev–Trinajstić information content (AvgIpc) is 2.93. The van der Waals surface area contributed by atoms with Crippen LogP contribution in [-0.4, -0.2) is 51.9 Å². The van der Waals surface area contributed by atoms with Crippen molar-refractivity contribution >= 4 is 11.9 Å². The minimum atomic E-state index is -1.65. The lowest BCUT2D eigenvalue weighted by atomic mass is 9.41. The van der Waals surface area contributed by atoms with Crippen molar-refractivity contribution in [3.63, 3.8) is 0 Å². The summed E-state index contributed by atoms with van der Waals surface area (Å²) in [6, 6.07) is 0. The Morgan fingerprint density at radius 2 is 2.03 bits per heavy atom. The fraction of sp³-hybridized carbons (Fsp3) is 0.818. The van der Waals surface area contributed by atoms with Gasteiger partial charge < -0.3 is 24.8 Å². The molecule has 162 valence electrons. The number of hydrogen-bond donors (Lipinski definition) is 3. The molecular formula is C22H32O7. The highest BCUT2D eigenvalue weighted by molar-refractivity contribution is 5.86. The maximum absolute atomic E-state index is 11.9. The highest BCUT2D eigenvalue weighted by Gasteiger charge is 2.68. The first-order valence-corrected chi connectivity index (χ1v) is 10.6. The first kappa shape index (κ1) is 20.8. The smallest absolute Gasteiger partial charge is 0.333 e. The molecule has 4 aliphatic rings. The van der Waals surface area contributed by atoms with E-state index < -0.39 is 40.8 Å². The molecule has 9 atom stereocenters. The van der Waals surface area contributed by atoms with Gasteiger partial charge in [-0.05, 0) is 41.4 Å². The molecule has 3 fully saturated rings. The molecule has 29 heavy (non-hydrogen) atoms. The highest BCUT2D eigenvalue weighted by Crippen LogP contribution is 2.67. The Labute approximate surface area is 171 Å². The molecule has 7 heteroatoms. The largest absolute Gasteiger partial charge is 0.459 e. The van der Waals surface area contributed by atoms with Crippen LogP contribution < -0.4 is 0 Å². The quantitative estimate of drug-likeness (QED) is 0.594. The number of fused-ring (bicyclic) bond motifs is 4. The Bertz CT molecular complexity index is 762. The molecule has 1 heterocycles. The molecule has 4 rings (SSSR count). The summed E-state index contributed by atoms with van der Waals surface area (Å²) in [4.78, 5) is 23.9. The van der Waals surface area contributed by atoms with Crippen molar-refractivity contribution in [1.29, 1.82) is 0 Å². The normalized spacial score (nSPS) is 51.3. The summed E-state index contributed by atoms with van der Waals surface area (Å²) in [6.07, 6.45) is 2.33. The van der Waals surface area contributed by atoms with Crippen LogP contribution in [0.4, 0.5) is 0 Å². The summed E-state index contributed by atoms with van der Waals surface area (Å²) in [5.41, 5.74) is -0.426. The second kappa shape index (κ2) is 6.53. The van der Waals surface area contributed by atoms with Crippen LogP contribution in [0.1, 0.15) is 53.4 Å². The van der Waals surface area contributed by atoms with Gasteiger partial charge in [0.2, 0.25) is 5.79 Å². The van der Waals surface area contributed by atoms with Gasteiger partial charge in [0, 0.05) is 37.5 Å². The topological polar surface area (TPSA) is 113 Å². The van der Waals surface area contributed by atoms with Crippen LogP contribution in [0.15, 0.2) is 11.6 Å². The first-order chi connectivity index (χ1) is 13.5. The first-order valence-electron chi connectivity index (χ1n) is 10.6. The van der Waals surface area contributed by atoms with E-state index in [0.29, 0.717) is 5.57 Å². The molecule has 0 bridgehead atoms. The average molecular weight is 408 g/mol. The summed E-state index contributed by atoms with van der Waals surface area (Å²) < 4.78 is 11.0. The van der Waals surface area contributed by atoms with Gasteiger partial charge in [0.15, 0.2) is 0 Å². The van der Waals surface area contributed by atoms with Gasteiger partial charge in [0.05, 0.1) is 6.10 Å². The summed E-state index contributed by atoms with van der Waals surface area (Å²) in [5, 5.41) is 32.9. The van der Waals surface area contributed by atoms with E-state index in [-0.39, 0.29) is 36.7 Å². The van der Waals surface area contributed by atoms with Gasteiger partial charge in [-0.2, -0.15) is 0 Å². The summed E-state index contributed by atoms with van der Waals surface area (Å²) in [7, 11) is 0. The van der Waals surface area contributed by atoms with Crippen LogP contribution in [-0.2, 0) is 19.1 Å². The molecule has 0 unspecified atom stereocenters. The lowest BCUT2D eigenvalue weighted by Crippen LogP contribution is -2.68. The van der Waals surface area contributed by atoms with E-state index in [1.54, 1.807) is 0 Å². The van der Waals surface area contributed by atoms with Crippen molar-refractivity contribution in [3.8, 4) is 0 Å². The standard InChI is InChI=1S/C22H32O7/c1-11-13-8-15(25)29-22(13,27)9-14-16(11)17(26)18(28-12(2)24)19-20(3,10-23)6-5-7-21(14,19)4/h8,11,14,16-19,23,26-27H,5-7,9-10H2,1-4H3/t11-,14+,16+,17+,18+,19-,20-,21-,22+/m0/s1. The number of hydrogen-bond acceptors (Lipinski definition) is 7.